The number of benzene rings is 1. The molecule has 1 saturated heterocycles. The van der Waals surface area contributed by atoms with E-state index in [0.29, 0.717) is 0 Å². The van der Waals surface area contributed by atoms with Crippen LogP contribution in [-0.2, 0) is 4.79 Å². The SMILES string of the molecule is COc1ccc(Br)c(NC(=O)C2NCCCC2(C)C)c1. The smallest absolute Gasteiger partial charge is 0.242 e. The fourth-order valence-corrected chi connectivity index (χ4v) is 2.94. The first kappa shape index (κ1) is 15.3. The average Bonchev–Trinajstić information content (AvgIpc) is 2.40. The Kier molecular flexibility index (Phi) is 4.70. The minimum atomic E-state index is -0.172. The van der Waals surface area contributed by atoms with Crippen LogP contribution in [0.15, 0.2) is 22.7 Å². The lowest BCUT2D eigenvalue weighted by molar-refractivity contribution is -0.121. The van der Waals surface area contributed by atoms with Crippen LogP contribution in [0.4, 0.5) is 5.69 Å². The molecule has 1 atom stereocenters. The van der Waals surface area contributed by atoms with Crippen LogP contribution < -0.4 is 15.4 Å². The molecule has 1 aliphatic rings. The lowest BCUT2D eigenvalue weighted by Crippen LogP contribution is -2.53. The Balaban J connectivity index is 2.15. The van der Waals surface area contributed by atoms with E-state index >= 15 is 0 Å². The van der Waals surface area contributed by atoms with Crippen molar-refractivity contribution >= 4 is 27.5 Å². The van der Waals surface area contributed by atoms with Gasteiger partial charge >= 0.3 is 0 Å². The van der Waals surface area contributed by atoms with Crippen molar-refractivity contribution in [1.82, 2.24) is 5.32 Å². The second kappa shape index (κ2) is 6.14. The van der Waals surface area contributed by atoms with Gasteiger partial charge in [-0.15, -0.1) is 0 Å². The third-order valence-electron chi connectivity index (χ3n) is 3.82. The summed E-state index contributed by atoms with van der Waals surface area (Å²) >= 11 is 3.45. The molecular weight excluding hydrogens is 320 g/mol. The number of amides is 1. The van der Waals surface area contributed by atoms with E-state index in [1.165, 1.54) is 0 Å². The summed E-state index contributed by atoms with van der Waals surface area (Å²) in [5.74, 6) is 0.725. The van der Waals surface area contributed by atoms with Gasteiger partial charge in [0.25, 0.3) is 0 Å². The molecule has 1 fully saturated rings. The van der Waals surface area contributed by atoms with Crippen molar-refractivity contribution in [2.75, 3.05) is 19.0 Å². The lowest BCUT2D eigenvalue weighted by Gasteiger charge is -2.38. The van der Waals surface area contributed by atoms with Crippen LogP contribution in [0.2, 0.25) is 0 Å². The van der Waals surface area contributed by atoms with E-state index in [9.17, 15) is 4.79 Å². The minimum Gasteiger partial charge on any atom is -0.497 e. The number of halogens is 1. The van der Waals surface area contributed by atoms with Gasteiger partial charge in [0.1, 0.15) is 5.75 Å². The Morgan fingerprint density at radius 3 is 2.90 bits per heavy atom. The van der Waals surface area contributed by atoms with E-state index in [-0.39, 0.29) is 17.4 Å². The van der Waals surface area contributed by atoms with Gasteiger partial charge in [0.2, 0.25) is 5.91 Å². The Morgan fingerprint density at radius 1 is 1.50 bits per heavy atom. The molecule has 0 bridgehead atoms. The normalized spacial score (nSPS) is 21.3. The van der Waals surface area contributed by atoms with E-state index in [1.807, 2.05) is 18.2 Å². The number of ether oxygens (including phenoxy) is 1. The molecule has 4 nitrogen and oxygen atoms in total. The molecule has 110 valence electrons. The second-order valence-electron chi connectivity index (χ2n) is 5.81. The molecular formula is C15H21BrN2O2. The molecule has 1 aromatic carbocycles. The van der Waals surface area contributed by atoms with Gasteiger partial charge in [-0.05, 0) is 52.9 Å². The highest BCUT2D eigenvalue weighted by Gasteiger charge is 2.37. The van der Waals surface area contributed by atoms with Crippen molar-refractivity contribution in [1.29, 1.82) is 0 Å². The second-order valence-corrected chi connectivity index (χ2v) is 6.67. The number of methoxy groups -OCH3 is 1. The summed E-state index contributed by atoms with van der Waals surface area (Å²) in [5.41, 5.74) is 0.700. The molecule has 5 heteroatoms. The number of nitrogens with one attached hydrogen (secondary N) is 2. The standard InChI is InChI=1S/C15H21BrN2O2/c1-15(2)7-4-8-17-13(15)14(19)18-12-9-10(20-3)5-6-11(12)16/h5-6,9,13,17H,4,7-8H2,1-3H3,(H,18,19). The van der Waals surface area contributed by atoms with Crippen molar-refractivity contribution in [3.63, 3.8) is 0 Å². The van der Waals surface area contributed by atoms with E-state index < -0.39 is 0 Å². The predicted molar refractivity (Wildman–Crippen MR) is 84.1 cm³/mol. The Labute approximate surface area is 128 Å². The van der Waals surface area contributed by atoms with Crippen LogP contribution >= 0.6 is 15.9 Å². The van der Waals surface area contributed by atoms with Crippen LogP contribution in [0, 0.1) is 5.41 Å². The molecule has 0 saturated carbocycles. The highest BCUT2D eigenvalue weighted by Crippen LogP contribution is 2.32. The Bertz CT molecular complexity index is 503. The summed E-state index contributed by atoms with van der Waals surface area (Å²) in [4.78, 5) is 12.5. The van der Waals surface area contributed by atoms with E-state index in [4.69, 9.17) is 4.74 Å². The first-order valence-corrected chi connectivity index (χ1v) is 7.61. The van der Waals surface area contributed by atoms with Gasteiger partial charge in [0.15, 0.2) is 0 Å². The number of piperidine rings is 1. The monoisotopic (exact) mass is 340 g/mol. The quantitative estimate of drug-likeness (QED) is 0.888. The summed E-state index contributed by atoms with van der Waals surface area (Å²) in [6.45, 7) is 5.15. The summed E-state index contributed by atoms with van der Waals surface area (Å²) in [6.07, 6.45) is 2.16. The van der Waals surface area contributed by atoms with E-state index in [1.54, 1.807) is 7.11 Å². The van der Waals surface area contributed by atoms with E-state index in [2.05, 4.69) is 40.4 Å². The van der Waals surface area contributed by atoms with Crippen LogP contribution in [0.5, 0.6) is 5.75 Å². The zero-order valence-electron chi connectivity index (χ0n) is 12.1. The molecule has 0 aromatic heterocycles. The van der Waals surface area contributed by atoms with Gasteiger partial charge < -0.3 is 15.4 Å². The van der Waals surface area contributed by atoms with Crippen LogP contribution in [0.25, 0.3) is 0 Å². The minimum absolute atomic E-state index is 0.00338. The molecule has 1 unspecified atom stereocenters. The van der Waals surface area contributed by atoms with Gasteiger partial charge in [-0.1, -0.05) is 13.8 Å². The molecule has 0 spiro atoms. The maximum Gasteiger partial charge on any atom is 0.242 e. The van der Waals surface area contributed by atoms with Crippen molar-refractivity contribution < 1.29 is 9.53 Å². The maximum absolute atomic E-state index is 12.5. The molecule has 1 heterocycles. The largest absolute Gasteiger partial charge is 0.497 e. The van der Waals surface area contributed by atoms with Crippen molar-refractivity contribution in [2.24, 2.45) is 5.41 Å². The molecule has 1 amide bonds. The molecule has 0 radical (unpaired) electrons. The number of anilines is 1. The van der Waals surface area contributed by atoms with Gasteiger partial charge in [0, 0.05) is 10.5 Å². The number of hydrogen-bond donors (Lipinski definition) is 2. The number of rotatable bonds is 3. The third kappa shape index (κ3) is 3.33. The Hall–Kier alpha value is -1.07. The predicted octanol–water partition coefficient (Wildman–Crippen LogP) is 3.17. The Morgan fingerprint density at radius 2 is 2.25 bits per heavy atom. The van der Waals surface area contributed by atoms with Crippen molar-refractivity contribution in [3.05, 3.63) is 22.7 Å². The summed E-state index contributed by atoms with van der Waals surface area (Å²) in [5, 5.41) is 6.30. The first-order valence-electron chi connectivity index (χ1n) is 6.82. The third-order valence-corrected chi connectivity index (χ3v) is 4.51. The zero-order valence-corrected chi connectivity index (χ0v) is 13.7. The highest BCUT2D eigenvalue weighted by atomic mass is 79.9. The zero-order chi connectivity index (χ0) is 14.8. The molecule has 20 heavy (non-hydrogen) atoms. The van der Waals surface area contributed by atoms with Crippen LogP contribution in [-0.4, -0.2) is 25.6 Å². The molecule has 2 rings (SSSR count). The summed E-state index contributed by atoms with van der Waals surface area (Å²) < 4.78 is 6.04. The summed E-state index contributed by atoms with van der Waals surface area (Å²) in [7, 11) is 1.61. The fraction of sp³-hybridized carbons (Fsp3) is 0.533. The van der Waals surface area contributed by atoms with Gasteiger partial charge in [-0.25, -0.2) is 0 Å². The summed E-state index contributed by atoms with van der Waals surface area (Å²) in [6, 6.07) is 5.36. The topological polar surface area (TPSA) is 50.4 Å². The fourth-order valence-electron chi connectivity index (χ4n) is 2.59. The van der Waals surface area contributed by atoms with Gasteiger partial charge in [-0.2, -0.15) is 0 Å². The maximum atomic E-state index is 12.5. The highest BCUT2D eigenvalue weighted by molar-refractivity contribution is 9.10. The van der Waals surface area contributed by atoms with Crippen molar-refractivity contribution in [2.45, 2.75) is 32.7 Å². The lowest BCUT2D eigenvalue weighted by atomic mass is 9.77. The number of carbonyl (C=O) groups excluding carboxylic acids is 1. The number of hydrogen-bond acceptors (Lipinski definition) is 3. The number of carbonyl (C=O) groups is 1. The molecule has 2 N–H and O–H groups in total. The van der Waals surface area contributed by atoms with Crippen molar-refractivity contribution in [3.8, 4) is 5.75 Å². The molecule has 1 aliphatic heterocycles. The molecule has 1 aromatic rings. The molecule has 0 aliphatic carbocycles. The van der Waals surface area contributed by atoms with E-state index in [0.717, 1.165) is 35.3 Å². The average molecular weight is 341 g/mol. The first-order chi connectivity index (χ1) is 9.44. The van der Waals surface area contributed by atoms with Gasteiger partial charge in [-0.3, -0.25) is 4.79 Å². The van der Waals surface area contributed by atoms with Crippen LogP contribution in [0.1, 0.15) is 26.7 Å². The van der Waals surface area contributed by atoms with Crippen LogP contribution in [0.3, 0.4) is 0 Å². The van der Waals surface area contributed by atoms with Gasteiger partial charge in [0.05, 0.1) is 18.8 Å².